The fourth-order valence-corrected chi connectivity index (χ4v) is 2.00. The van der Waals surface area contributed by atoms with Crippen molar-refractivity contribution in [1.82, 2.24) is 9.80 Å². The standard InChI is InChI=1S/C11H25N4.2C2H6.K/c1-13-5-3-7-15-10-8-14(9-11-15)6-2-4-12;2*1-2;/h2-12H2,1H3;2*1-2H3;/q-1;;;+1. The fraction of sp³-hybridized carbons (Fsp3) is 1.00. The van der Waals surface area contributed by atoms with Gasteiger partial charge < -0.3 is 20.9 Å². The van der Waals surface area contributed by atoms with Gasteiger partial charge in [0.25, 0.3) is 0 Å². The van der Waals surface area contributed by atoms with Crippen LogP contribution in [0.25, 0.3) is 5.32 Å². The molecule has 1 saturated heterocycles. The minimum Gasteiger partial charge on any atom is -0.665 e. The number of nitrogens with two attached hydrogens (primary N) is 1. The molecule has 1 aliphatic rings. The molecule has 20 heavy (non-hydrogen) atoms. The first kappa shape index (κ1) is 26.4. The van der Waals surface area contributed by atoms with Crippen molar-refractivity contribution < 1.29 is 51.4 Å². The fourth-order valence-electron chi connectivity index (χ4n) is 2.00. The molecule has 0 aromatic carbocycles. The maximum atomic E-state index is 5.51. The third-order valence-electron chi connectivity index (χ3n) is 3.00. The normalized spacial score (nSPS) is 15.3. The molecule has 0 bridgehead atoms. The van der Waals surface area contributed by atoms with Gasteiger partial charge in [0, 0.05) is 26.2 Å². The number of hydrogen-bond acceptors (Lipinski definition) is 3. The molecule has 1 rings (SSSR count). The van der Waals surface area contributed by atoms with Crippen molar-refractivity contribution in [2.24, 2.45) is 5.73 Å². The van der Waals surface area contributed by atoms with Gasteiger partial charge in [-0.05, 0) is 26.1 Å². The van der Waals surface area contributed by atoms with Crippen LogP contribution in [0.5, 0.6) is 0 Å². The van der Waals surface area contributed by atoms with E-state index in [-0.39, 0.29) is 51.4 Å². The second kappa shape index (κ2) is 22.8. The second-order valence-corrected chi connectivity index (χ2v) is 4.22. The quantitative estimate of drug-likeness (QED) is 0.505. The summed E-state index contributed by atoms with van der Waals surface area (Å²) in [6.45, 7) is 17.1. The van der Waals surface area contributed by atoms with Crippen molar-refractivity contribution in [2.45, 2.75) is 40.5 Å². The summed E-state index contributed by atoms with van der Waals surface area (Å²) in [5.74, 6) is 0. The van der Waals surface area contributed by atoms with E-state index in [0.717, 1.165) is 19.5 Å². The van der Waals surface area contributed by atoms with Crippen LogP contribution in [-0.2, 0) is 0 Å². The first-order valence-corrected chi connectivity index (χ1v) is 8.07. The van der Waals surface area contributed by atoms with Gasteiger partial charge in [-0.2, -0.15) is 7.05 Å². The van der Waals surface area contributed by atoms with Gasteiger partial charge in [0.1, 0.15) is 0 Å². The molecule has 0 atom stereocenters. The molecule has 118 valence electrons. The van der Waals surface area contributed by atoms with Crippen LogP contribution in [0.15, 0.2) is 0 Å². The van der Waals surface area contributed by atoms with Gasteiger partial charge >= 0.3 is 51.4 Å². The van der Waals surface area contributed by atoms with Gasteiger partial charge in [0.15, 0.2) is 0 Å². The van der Waals surface area contributed by atoms with Crippen molar-refractivity contribution in [2.75, 3.05) is 59.4 Å². The van der Waals surface area contributed by atoms with E-state index in [0.29, 0.717) is 0 Å². The molecule has 4 nitrogen and oxygen atoms in total. The Bertz CT molecular complexity index is 151. The SMILES string of the molecule is CC.CC.C[N-]CCCN1CCN(CCCN)CC1.[K+]. The molecule has 1 heterocycles. The van der Waals surface area contributed by atoms with Crippen LogP contribution in [0.3, 0.4) is 0 Å². The van der Waals surface area contributed by atoms with E-state index in [1.807, 2.05) is 34.7 Å². The number of hydrogen-bond donors (Lipinski definition) is 1. The molecular formula is C15H37KN4. The smallest absolute Gasteiger partial charge is 0.665 e. The zero-order valence-electron chi connectivity index (χ0n) is 15.0. The Kier molecular flexibility index (Phi) is 30.0. The van der Waals surface area contributed by atoms with Crippen LogP contribution >= 0.6 is 0 Å². The third-order valence-corrected chi connectivity index (χ3v) is 3.00. The molecule has 0 spiro atoms. The van der Waals surface area contributed by atoms with Crippen molar-refractivity contribution in [1.29, 1.82) is 0 Å². The molecule has 1 fully saturated rings. The Hall–Kier alpha value is 1.48. The van der Waals surface area contributed by atoms with Crippen LogP contribution in [0.4, 0.5) is 0 Å². The molecule has 0 unspecified atom stereocenters. The Balaban J connectivity index is -0.000000529. The number of rotatable bonds is 7. The molecule has 0 radical (unpaired) electrons. The molecule has 1 aliphatic heterocycles. The minimum absolute atomic E-state index is 0. The Morgan fingerprint density at radius 1 is 0.850 bits per heavy atom. The van der Waals surface area contributed by atoms with Gasteiger partial charge in [0.2, 0.25) is 0 Å². The van der Waals surface area contributed by atoms with E-state index < -0.39 is 0 Å². The zero-order chi connectivity index (χ0) is 14.9. The summed E-state index contributed by atoms with van der Waals surface area (Å²) in [6, 6.07) is 0. The van der Waals surface area contributed by atoms with Gasteiger partial charge in [-0.15, -0.1) is 6.54 Å². The van der Waals surface area contributed by atoms with Crippen molar-refractivity contribution in [3.8, 4) is 0 Å². The minimum atomic E-state index is 0. The van der Waals surface area contributed by atoms with E-state index in [9.17, 15) is 0 Å². The molecule has 0 aliphatic carbocycles. The summed E-state index contributed by atoms with van der Waals surface area (Å²) in [5.41, 5.74) is 5.51. The Morgan fingerprint density at radius 3 is 1.60 bits per heavy atom. The summed E-state index contributed by atoms with van der Waals surface area (Å²) < 4.78 is 0. The molecule has 2 N–H and O–H groups in total. The maximum absolute atomic E-state index is 5.51. The largest absolute Gasteiger partial charge is 1.00 e. The average molecular weight is 313 g/mol. The van der Waals surface area contributed by atoms with Gasteiger partial charge in [-0.25, -0.2) is 0 Å². The molecule has 5 heteroatoms. The van der Waals surface area contributed by atoms with Crippen molar-refractivity contribution >= 4 is 0 Å². The molecule has 0 saturated carbocycles. The van der Waals surface area contributed by atoms with Crippen LogP contribution in [0.1, 0.15) is 40.5 Å². The predicted octanol–water partition coefficient (Wildman–Crippen LogP) is -0.597. The average Bonchev–Trinajstić information content (AvgIpc) is 2.51. The summed E-state index contributed by atoms with van der Waals surface area (Å²) in [6.07, 6.45) is 2.34. The van der Waals surface area contributed by atoms with Crippen LogP contribution in [0.2, 0.25) is 0 Å². The summed E-state index contributed by atoms with van der Waals surface area (Å²) in [4.78, 5) is 5.07. The molecule has 0 aromatic rings. The summed E-state index contributed by atoms with van der Waals surface area (Å²) >= 11 is 0. The van der Waals surface area contributed by atoms with Crippen molar-refractivity contribution in [3.05, 3.63) is 5.32 Å². The van der Waals surface area contributed by atoms with Gasteiger partial charge in [0.05, 0.1) is 0 Å². The second-order valence-electron chi connectivity index (χ2n) is 4.22. The van der Waals surface area contributed by atoms with Crippen LogP contribution < -0.4 is 57.1 Å². The zero-order valence-corrected chi connectivity index (χ0v) is 18.1. The van der Waals surface area contributed by atoms with Crippen LogP contribution in [0, 0.1) is 0 Å². The van der Waals surface area contributed by atoms with E-state index >= 15 is 0 Å². The monoisotopic (exact) mass is 312 g/mol. The number of nitrogens with zero attached hydrogens (tertiary/aromatic N) is 3. The third kappa shape index (κ3) is 15.9. The first-order valence-electron chi connectivity index (χ1n) is 8.07. The van der Waals surface area contributed by atoms with E-state index in [2.05, 4.69) is 15.1 Å². The van der Waals surface area contributed by atoms with E-state index in [4.69, 9.17) is 5.73 Å². The van der Waals surface area contributed by atoms with E-state index in [1.54, 1.807) is 0 Å². The predicted molar refractivity (Wildman–Crippen MR) is 88.0 cm³/mol. The number of piperazine rings is 1. The van der Waals surface area contributed by atoms with Gasteiger partial charge in [-0.1, -0.05) is 34.1 Å². The van der Waals surface area contributed by atoms with Crippen LogP contribution in [-0.4, -0.2) is 69.2 Å². The first-order chi connectivity index (χ1) is 9.36. The van der Waals surface area contributed by atoms with E-state index in [1.165, 1.54) is 45.7 Å². The summed E-state index contributed by atoms with van der Waals surface area (Å²) in [5, 5.41) is 4.12. The molecule has 0 amide bonds. The summed E-state index contributed by atoms with van der Waals surface area (Å²) in [7, 11) is 1.89. The molecular weight excluding hydrogens is 275 g/mol. The van der Waals surface area contributed by atoms with Crippen molar-refractivity contribution in [3.63, 3.8) is 0 Å². The maximum Gasteiger partial charge on any atom is 1.00 e. The Labute approximate surface area is 170 Å². The molecule has 0 aromatic heterocycles. The topological polar surface area (TPSA) is 46.6 Å². The Morgan fingerprint density at radius 2 is 1.25 bits per heavy atom. The van der Waals surface area contributed by atoms with Gasteiger partial charge in [-0.3, -0.25) is 0 Å².